The third-order valence-electron chi connectivity index (χ3n) is 3.83. The van der Waals surface area contributed by atoms with Crippen molar-refractivity contribution in [2.75, 3.05) is 19.7 Å². The van der Waals surface area contributed by atoms with E-state index in [1.807, 2.05) is 6.07 Å². The maximum absolute atomic E-state index is 5.89. The van der Waals surface area contributed by atoms with E-state index >= 15 is 0 Å². The zero-order chi connectivity index (χ0) is 11.0. The minimum atomic E-state index is 0.279. The highest BCUT2D eigenvalue weighted by molar-refractivity contribution is 5.34. The second kappa shape index (κ2) is 3.75. The fourth-order valence-corrected chi connectivity index (χ4v) is 2.52. The standard InChI is InChI=1S/C13H18N2O/c14-10-13(5-6-13)15-7-8-16-12-4-2-1-3-11(12)9-15/h1-4H,5-10,14H2. The molecule has 1 fully saturated rings. The van der Waals surface area contributed by atoms with Crippen molar-refractivity contribution in [2.24, 2.45) is 5.73 Å². The zero-order valence-corrected chi connectivity index (χ0v) is 9.48. The highest BCUT2D eigenvalue weighted by Gasteiger charge is 2.46. The van der Waals surface area contributed by atoms with Crippen molar-refractivity contribution in [3.05, 3.63) is 29.8 Å². The molecule has 1 aliphatic carbocycles. The fraction of sp³-hybridized carbons (Fsp3) is 0.538. The molecule has 0 radical (unpaired) electrons. The SMILES string of the molecule is NCC1(N2CCOc3ccccc3C2)CC1. The van der Waals surface area contributed by atoms with Gasteiger partial charge >= 0.3 is 0 Å². The molecule has 2 aliphatic rings. The normalized spacial score (nSPS) is 23.1. The van der Waals surface area contributed by atoms with Crippen molar-refractivity contribution in [1.29, 1.82) is 0 Å². The minimum Gasteiger partial charge on any atom is -0.492 e. The Kier molecular flexibility index (Phi) is 2.37. The lowest BCUT2D eigenvalue weighted by Crippen LogP contribution is -2.43. The van der Waals surface area contributed by atoms with Gasteiger partial charge in [0.1, 0.15) is 12.4 Å². The smallest absolute Gasteiger partial charge is 0.123 e. The Morgan fingerprint density at radius 2 is 2.12 bits per heavy atom. The van der Waals surface area contributed by atoms with Crippen LogP contribution in [0.3, 0.4) is 0 Å². The first kappa shape index (κ1) is 10.1. The largest absolute Gasteiger partial charge is 0.492 e. The Bertz CT molecular complexity index is 387. The Balaban J connectivity index is 1.85. The van der Waals surface area contributed by atoms with Crippen molar-refractivity contribution in [2.45, 2.75) is 24.9 Å². The predicted octanol–water partition coefficient (Wildman–Crippen LogP) is 1.37. The van der Waals surface area contributed by atoms with Gasteiger partial charge in [-0.3, -0.25) is 4.90 Å². The van der Waals surface area contributed by atoms with Crippen molar-refractivity contribution in [3.63, 3.8) is 0 Å². The lowest BCUT2D eigenvalue weighted by atomic mass is 10.1. The Labute approximate surface area is 96.2 Å². The van der Waals surface area contributed by atoms with Gasteiger partial charge in [0.05, 0.1) is 0 Å². The first-order chi connectivity index (χ1) is 7.84. The molecule has 3 nitrogen and oxygen atoms in total. The number of ether oxygens (including phenoxy) is 1. The van der Waals surface area contributed by atoms with Crippen LogP contribution in [0.2, 0.25) is 0 Å². The van der Waals surface area contributed by atoms with Crippen molar-refractivity contribution < 1.29 is 4.74 Å². The van der Waals surface area contributed by atoms with Crippen LogP contribution < -0.4 is 10.5 Å². The molecule has 0 bridgehead atoms. The van der Waals surface area contributed by atoms with Crippen LogP contribution in [0.15, 0.2) is 24.3 Å². The topological polar surface area (TPSA) is 38.5 Å². The quantitative estimate of drug-likeness (QED) is 0.815. The summed E-state index contributed by atoms with van der Waals surface area (Å²) in [6, 6.07) is 8.32. The number of para-hydroxylation sites is 1. The molecule has 1 saturated carbocycles. The van der Waals surface area contributed by atoms with Gasteiger partial charge in [0.15, 0.2) is 0 Å². The van der Waals surface area contributed by atoms with E-state index in [0.717, 1.165) is 32.0 Å². The summed E-state index contributed by atoms with van der Waals surface area (Å²) in [6.07, 6.45) is 2.48. The van der Waals surface area contributed by atoms with Gasteiger partial charge in [-0.25, -0.2) is 0 Å². The van der Waals surface area contributed by atoms with Gasteiger partial charge < -0.3 is 10.5 Å². The van der Waals surface area contributed by atoms with Gasteiger partial charge in [-0.15, -0.1) is 0 Å². The number of hydrogen-bond acceptors (Lipinski definition) is 3. The molecular weight excluding hydrogens is 200 g/mol. The lowest BCUT2D eigenvalue weighted by Gasteiger charge is -2.29. The van der Waals surface area contributed by atoms with Crippen LogP contribution in [0.5, 0.6) is 5.75 Å². The van der Waals surface area contributed by atoms with Gasteiger partial charge in [0.25, 0.3) is 0 Å². The van der Waals surface area contributed by atoms with E-state index < -0.39 is 0 Å². The van der Waals surface area contributed by atoms with Crippen LogP contribution in [0, 0.1) is 0 Å². The van der Waals surface area contributed by atoms with Crippen molar-refractivity contribution in [1.82, 2.24) is 4.90 Å². The van der Waals surface area contributed by atoms with Crippen LogP contribution >= 0.6 is 0 Å². The molecule has 0 atom stereocenters. The summed E-state index contributed by atoms with van der Waals surface area (Å²) in [5.41, 5.74) is 7.46. The number of fused-ring (bicyclic) bond motifs is 1. The Hall–Kier alpha value is -1.06. The zero-order valence-electron chi connectivity index (χ0n) is 9.48. The predicted molar refractivity (Wildman–Crippen MR) is 63.4 cm³/mol. The molecule has 0 amide bonds. The maximum Gasteiger partial charge on any atom is 0.123 e. The average Bonchev–Trinajstić information content (AvgIpc) is 3.12. The summed E-state index contributed by atoms with van der Waals surface area (Å²) in [5.74, 6) is 1.04. The van der Waals surface area contributed by atoms with Crippen LogP contribution in [-0.4, -0.2) is 30.1 Å². The van der Waals surface area contributed by atoms with Crippen molar-refractivity contribution in [3.8, 4) is 5.75 Å². The van der Waals surface area contributed by atoms with Gasteiger partial charge in [0.2, 0.25) is 0 Å². The molecule has 3 heteroatoms. The number of nitrogens with zero attached hydrogens (tertiary/aromatic N) is 1. The van der Waals surface area contributed by atoms with E-state index in [4.69, 9.17) is 10.5 Å². The van der Waals surface area contributed by atoms with Crippen LogP contribution in [-0.2, 0) is 6.54 Å². The van der Waals surface area contributed by atoms with Gasteiger partial charge in [-0.1, -0.05) is 18.2 Å². The minimum absolute atomic E-state index is 0.279. The first-order valence-electron chi connectivity index (χ1n) is 6.00. The summed E-state index contributed by atoms with van der Waals surface area (Å²) in [5, 5.41) is 0. The average molecular weight is 218 g/mol. The molecule has 1 heterocycles. The second-order valence-corrected chi connectivity index (χ2v) is 4.81. The van der Waals surface area contributed by atoms with E-state index in [0.29, 0.717) is 0 Å². The monoisotopic (exact) mass is 218 g/mol. The molecule has 0 unspecified atom stereocenters. The summed E-state index contributed by atoms with van der Waals surface area (Å²) in [6.45, 7) is 3.52. The third kappa shape index (κ3) is 1.60. The van der Waals surface area contributed by atoms with Gasteiger partial charge in [0, 0.05) is 30.7 Å². The Morgan fingerprint density at radius 1 is 1.31 bits per heavy atom. The Morgan fingerprint density at radius 3 is 2.88 bits per heavy atom. The summed E-state index contributed by atoms with van der Waals surface area (Å²) in [4.78, 5) is 2.50. The molecule has 0 aromatic heterocycles. The molecule has 1 aromatic carbocycles. The molecular formula is C13H18N2O. The molecule has 0 spiro atoms. The molecule has 1 aliphatic heterocycles. The number of benzene rings is 1. The van der Waals surface area contributed by atoms with E-state index in [9.17, 15) is 0 Å². The summed E-state index contributed by atoms with van der Waals surface area (Å²) in [7, 11) is 0. The summed E-state index contributed by atoms with van der Waals surface area (Å²) < 4.78 is 5.76. The van der Waals surface area contributed by atoms with E-state index in [1.54, 1.807) is 0 Å². The van der Waals surface area contributed by atoms with Crippen LogP contribution in [0.25, 0.3) is 0 Å². The van der Waals surface area contributed by atoms with Gasteiger partial charge in [-0.2, -0.15) is 0 Å². The first-order valence-corrected chi connectivity index (χ1v) is 6.00. The lowest BCUT2D eigenvalue weighted by molar-refractivity contribution is 0.156. The fourth-order valence-electron chi connectivity index (χ4n) is 2.52. The second-order valence-electron chi connectivity index (χ2n) is 4.81. The molecule has 0 saturated heterocycles. The van der Waals surface area contributed by atoms with Crippen LogP contribution in [0.4, 0.5) is 0 Å². The number of nitrogens with two attached hydrogens (primary N) is 1. The summed E-state index contributed by atoms with van der Waals surface area (Å²) >= 11 is 0. The molecule has 86 valence electrons. The molecule has 16 heavy (non-hydrogen) atoms. The van der Waals surface area contributed by atoms with Crippen LogP contribution in [0.1, 0.15) is 18.4 Å². The van der Waals surface area contributed by atoms with E-state index in [1.165, 1.54) is 18.4 Å². The third-order valence-corrected chi connectivity index (χ3v) is 3.83. The van der Waals surface area contributed by atoms with Gasteiger partial charge in [-0.05, 0) is 18.9 Å². The molecule has 3 rings (SSSR count). The van der Waals surface area contributed by atoms with Crippen molar-refractivity contribution >= 4 is 0 Å². The number of rotatable bonds is 2. The highest BCUT2D eigenvalue weighted by Crippen LogP contribution is 2.42. The molecule has 1 aromatic rings. The van der Waals surface area contributed by atoms with E-state index in [-0.39, 0.29) is 5.54 Å². The van der Waals surface area contributed by atoms with E-state index in [2.05, 4.69) is 23.1 Å². The molecule has 2 N–H and O–H groups in total. The maximum atomic E-state index is 5.89. The highest BCUT2D eigenvalue weighted by atomic mass is 16.5. The number of hydrogen-bond donors (Lipinski definition) is 1.